The largest absolute Gasteiger partial charge is 0.340 e. The summed E-state index contributed by atoms with van der Waals surface area (Å²) in [5.41, 5.74) is 3.93. The second kappa shape index (κ2) is 6.49. The van der Waals surface area contributed by atoms with Gasteiger partial charge in [0.2, 0.25) is 0 Å². The van der Waals surface area contributed by atoms with Crippen LogP contribution in [0.5, 0.6) is 0 Å². The Morgan fingerprint density at radius 3 is 2.74 bits per heavy atom. The Morgan fingerprint density at radius 2 is 1.81 bits per heavy atom. The summed E-state index contributed by atoms with van der Waals surface area (Å²) in [4.78, 5) is 13.1. The fraction of sp³-hybridized carbons (Fsp3) is 0.0476. The Balaban J connectivity index is 1.47. The van der Waals surface area contributed by atoms with E-state index in [-0.39, 0.29) is 0 Å². The van der Waals surface area contributed by atoms with Gasteiger partial charge in [0.25, 0.3) is 0 Å². The van der Waals surface area contributed by atoms with Crippen molar-refractivity contribution in [2.45, 2.75) is 6.54 Å². The van der Waals surface area contributed by atoms with Gasteiger partial charge in [0.05, 0.1) is 29.5 Å². The summed E-state index contributed by atoms with van der Waals surface area (Å²) in [7, 11) is 0. The number of anilines is 2. The molecule has 0 fully saturated rings. The summed E-state index contributed by atoms with van der Waals surface area (Å²) in [6.07, 6.45) is 5.25. The predicted octanol–water partition coefficient (Wildman–Crippen LogP) is 4.17. The molecule has 0 amide bonds. The van der Waals surface area contributed by atoms with Crippen LogP contribution in [-0.4, -0.2) is 24.7 Å². The monoisotopic (exact) mass is 352 g/mol. The van der Waals surface area contributed by atoms with Crippen LogP contribution in [0.1, 0.15) is 5.69 Å². The van der Waals surface area contributed by atoms with Crippen LogP contribution in [0.2, 0.25) is 0 Å². The molecule has 0 aliphatic heterocycles. The van der Waals surface area contributed by atoms with Crippen LogP contribution in [0.3, 0.4) is 0 Å². The van der Waals surface area contributed by atoms with Crippen LogP contribution in [0.25, 0.3) is 21.8 Å². The van der Waals surface area contributed by atoms with E-state index in [4.69, 9.17) is 0 Å². The van der Waals surface area contributed by atoms with Crippen molar-refractivity contribution >= 4 is 33.3 Å². The highest BCUT2D eigenvalue weighted by atomic mass is 15.3. The first kappa shape index (κ1) is 15.5. The van der Waals surface area contributed by atoms with Crippen molar-refractivity contribution in [3.63, 3.8) is 0 Å². The van der Waals surface area contributed by atoms with Crippen LogP contribution >= 0.6 is 0 Å². The Kier molecular flexibility index (Phi) is 3.72. The summed E-state index contributed by atoms with van der Waals surface area (Å²) >= 11 is 0. The maximum Gasteiger partial charge on any atom is 0.141 e. The molecular weight excluding hydrogens is 336 g/mol. The van der Waals surface area contributed by atoms with Crippen molar-refractivity contribution in [2.24, 2.45) is 0 Å². The number of benzene rings is 2. The number of nitrogens with zero attached hydrogens (tertiary/aromatic N) is 5. The molecule has 5 aromatic rings. The van der Waals surface area contributed by atoms with E-state index in [1.807, 2.05) is 59.4 Å². The van der Waals surface area contributed by atoms with Crippen LogP contribution < -0.4 is 5.32 Å². The fourth-order valence-corrected chi connectivity index (χ4v) is 3.18. The van der Waals surface area contributed by atoms with Crippen LogP contribution in [0, 0.1) is 0 Å². The van der Waals surface area contributed by atoms with Crippen LogP contribution in [0.15, 0.2) is 79.4 Å². The third-order valence-electron chi connectivity index (χ3n) is 4.49. The van der Waals surface area contributed by atoms with E-state index in [1.165, 1.54) is 0 Å². The van der Waals surface area contributed by atoms with Gasteiger partial charge in [-0.1, -0.05) is 18.2 Å². The highest BCUT2D eigenvalue weighted by molar-refractivity contribution is 5.91. The molecule has 0 bridgehead atoms. The first-order valence-electron chi connectivity index (χ1n) is 8.69. The quantitative estimate of drug-likeness (QED) is 0.526. The van der Waals surface area contributed by atoms with Crippen LogP contribution in [-0.2, 0) is 6.54 Å². The molecule has 0 aliphatic carbocycles. The molecule has 0 unspecified atom stereocenters. The maximum atomic E-state index is 4.51. The van der Waals surface area contributed by atoms with Gasteiger partial charge in [-0.2, -0.15) is 5.10 Å². The zero-order valence-corrected chi connectivity index (χ0v) is 14.4. The average Bonchev–Trinajstić information content (AvgIpc) is 3.11. The van der Waals surface area contributed by atoms with Crippen molar-refractivity contribution in [1.82, 2.24) is 24.7 Å². The van der Waals surface area contributed by atoms with Gasteiger partial charge in [0, 0.05) is 22.7 Å². The minimum absolute atomic E-state index is 0.646. The molecule has 3 heterocycles. The van der Waals surface area contributed by atoms with Gasteiger partial charge in [-0.25, -0.2) is 9.97 Å². The number of nitrogens with one attached hydrogen (secondary N) is 1. The lowest BCUT2D eigenvalue weighted by Crippen LogP contribution is -2.02. The molecule has 6 heteroatoms. The van der Waals surface area contributed by atoms with E-state index in [0.717, 1.165) is 39.0 Å². The minimum Gasteiger partial charge on any atom is -0.340 e. The van der Waals surface area contributed by atoms with E-state index in [9.17, 15) is 0 Å². The molecule has 27 heavy (non-hydrogen) atoms. The number of hydrogen-bond donors (Lipinski definition) is 1. The molecule has 1 N–H and O–H groups in total. The van der Waals surface area contributed by atoms with E-state index >= 15 is 0 Å². The number of aromatic nitrogens is 5. The minimum atomic E-state index is 0.646. The van der Waals surface area contributed by atoms with E-state index in [1.54, 1.807) is 12.5 Å². The Morgan fingerprint density at radius 1 is 0.889 bits per heavy atom. The van der Waals surface area contributed by atoms with Gasteiger partial charge < -0.3 is 5.32 Å². The lowest BCUT2D eigenvalue weighted by atomic mass is 10.2. The standard InChI is InChI=1S/C21H16N6/c1-2-7-19-18(6-1)21(24-14-23-19)26-16-8-9-20-15(11-16)12-25-27(20)13-17-5-3-4-10-22-17/h1-12,14H,13H2,(H,23,24,26). The maximum absolute atomic E-state index is 4.51. The van der Waals surface area contributed by atoms with Gasteiger partial charge in [-0.3, -0.25) is 9.67 Å². The van der Waals surface area contributed by atoms with Crippen molar-refractivity contribution in [2.75, 3.05) is 5.32 Å². The molecule has 0 aliphatic rings. The molecule has 5 rings (SSSR count). The third-order valence-corrected chi connectivity index (χ3v) is 4.49. The number of fused-ring (bicyclic) bond motifs is 2. The van der Waals surface area contributed by atoms with E-state index in [2.05, 4.69) is 37.5 Å². The first-order valence-corrected chi connectivity index (χ1v) is 8.69. The van der Waals surface area contributed by atoms with Gasteiger partial charge in [0.1, 0.15) is 12.1 Å². The molecule has 0 saturated carbocycles. The summed E-state index contributed by atoms with van der Waals surface area (Å²) < 4.78 is 1.96. The van der Waals surface area contributed by atoms with Gasteiger partial charge in [-0.05, 0) is 42.5 Å². The van der Waals surface area contributed by atoms with Gasteiger partial charge in [0.15, 0.2) is 0 Å². The lowest BCUT2D eigenvalue weighted by Gasteiger charge is -2.09. The molecule has 3 aromatic heterocycles. The van der Waals surface area contributed by atoms with Crippen LogP contribution in [0.4, 0.5) is 11.5 Å². The molecule has 130 valence electrons. The first-order chi connectivity index (χ1) is 13.4. The fourth-order valence-electron chi connectivity index (χ4n) is 3.18. The van der Waals surface area contributed by atoms with Crippen molar-refractivity contribution in [3.8, 4) is 0 Å². The SMILES string of the molecule is c1ccc(Cn2ncc3cc(Nc4ncnc5ccccc45)ccc32)nc1. The second-order valence-corrected chi connectivity index (χ2v) is 6.26. The number of hydrogen-bond acceptors (Lipinski definition) is 5. The highest BCUT2D eigenvalue weighted by Crippen LogP contribution is 2.25. The van der Waals surface area contributed by atoms with Crippen molar-refractivity contribution in [3.05, 3.63) is 85.1 Å². The summed E-state index contributed by atoms with van der Waals surface area (Å²) in [6.45, 7) is 0.646. The smallest absolute Gasteiger partial charge is 0.141 e. The Hall–Kier alpha value is -3.80. The zero-order chi connectivity index (χ0) is 18.1. The Bertz CT molecular complexity index is 1220. The molecular formula is C21H16N6. The molecule has 0 spiro atoms. The number of para-hydroxylation sites is 1. The molecule has 2 aromatic carbocycles. The summed E-state index contributed by atoms with van der Waals surface area (Å²) in [6, 6.07) is 20.0. The summed E-state index contributed by atoms with van der Waals surface area (Å²) in [5.74, 6) is 0.792. The zero-order valence-electron chi connectivity index (χ0n) is 14.4. The lowest BCUT2D eigenvalue weighted by molar-refractivity contribution is 0.696. The molecule has 0 atom stereocenters. The van der Waals surface area contributed by atoms with Gasteiger partial charge >= 0.3 is 0 Å². The molecule has 0 saturated heterocycles. The normalized spacial score (nSPS) is 11.1. The number of pyridine rings is 1. The molecule has 0 radical (unpaired) electrons. The summed E-state index contributed by atoms with van der Waals surface area (Å²) in [5, 5.41) is 9.97. The Labute approximate surface area is 155 Å². The average molecular weight is 352 g/mol. The second-order valence-electron chi connectivity index (χ2n) is 6.26. The predicted molar refractivity (Wildman–Crippen MR) is 106 cm³/mol. The van der Waals surface area contributed by atoms with Crippen molar-refractivity contribution < 1.29 is 0 Å². The van der Waals surface area contributed by atoms with Gasteiger partial charge in [-0.15, -0.1) is 0 Å². The van der Waals surface area contributed by atoms with E-state index in [0.29, 0.717) is 6.54 Å². The molecule has 6 nitrogen and oxygen atoms in total. The highest BCUT2D eigenvalue weighted by Gasteiger charge is 2.07. The topological polar surface area (TPSA) is 68.5 Å². The third kappa shape index (κ3) is 2.97. The number of rotatable bonds is 4. The van der Waals surface area contributed by atoms with Crippen molar-refractivity contribution in [1.29, 1.82) is 0 Å². The van der Waals surface area contributed by atoms with E-state index < -0.39 is 0 Å².